The predicted octanol–water partition coefficient (Wildman–Crippen LogP) is 3.95. The standard InChI is InChI=1S/C23H33N3O2S/c1-14-8-19(27)9-15(2)20(14)10-18(26(4)5)12-25-23(28)11-21(17-6-7-17)22-13-24-16(3)29-22/h8-9,13,17-18,21,27H,6-7,10-12H2,1-5H3,(H,25,28)/t18-,21-/m0/s1. The summed E-state index contributed by atoms with van der Waals surface area (Å²) in [6, 6.07) is 3.82. The number of rotatable bonds is 9. The van der Waals surface area contributed by atoms with Crippen molar-refractivity contribution >= 4 is 17.2 Å². The summed E-state index contributed by atoms with van der Waals surface area (Å²) >= 11 is 1.72. The first kappa shape index (κ1) is 21.8. The van der Waals surface area contributed by atoms with Crippen LogP contribution in [0.1, 0.15) is 51.8 Å². The van der Waals surface area contributed by atoms with Crippen LogP contribution in [0.5, 0.6) is 5.75 Å². The molecule has 5 nitrogen and oxygen atoms in total. The van der Waals surface area contributed by atoms with Crippen LogP contribution in [0.4, 0.5) is 0 Å². The second kappa shape index (κ2) is 9.26. The Kier molecular flexibility index (Phi) is 6.96. The lowest BCUT2D eigenvalue weighted by Gasteiger charge is -2.26. The number of phenols is 1. The van der Waals surface area contributed by atoms with E-state index in [2.05, 4.69) is 29.3 Å². The van der Waals surface area contributed by atoms with Gasteiger partial charge in [-0.2, -0.15) is 0 Å². The van der Waals surface area contributed by atoms with Crippen molar-refractivity contribution in [1.82, 2.24) is 15.2 Å². The Morgan fingerprint density at radius 1 is 1.28 bits per heavy atom. The van der Waals surface area contributed by atoms with Gasteiger partial charge in [-0.05, 0) is 88.9 Å². The zero-order chi connectivity index (χ0) is 21.1. The van der Waals surface area contributed by atoms with E-state index in [1.165, 1.54) is 23.3 Å². The first-order chi connectivity index (χ1) is 13.7. The quantitative estimate of drug-likeness (QED) is 0.651. The number of phenolic OH excluding ortho intramolecular Hbond substituents is 1. The molecular formula is C23H33N3O2S. The number of hydrogen-bond donors (Lipinski definition) is 2. The number of aromatic nitrogens is 1. The van der Waals surface area contributed by atoms with Crippen LogP contribution in [0.25, 0.3) is 0 Å². The molecule has 6 heteroatoms. The minimum Gasteiger partial charge on any atom is -0.508 e. The molecule has 1 fully saturated rings. The number of thiazole rings is 1. The van der Waals surface area contributed by atoms with Gasteiger partial charge in [0.15, 0.2) is 0 Å². The lowest BCUT2D eigenvalue weighted by molar-refractivity contribution is -0.121. The molecule has 0 radical (unpaired) electrons. The molecule has 158 valence electrons. The van der Waals surface area contributed by atoms with Crippen LogP contribution in [0.15, 0.2) is 18.3 Å². The van der Waals surface area contributed by atoms with Crippen LogP contribution in [0.3, 0.4) is 0 Å². The SMILES string of the molecule is Cc1ncc([C@@H](CC(=O)NC[C@H](Cc2c(C)cc(O)cc2C)N(C)C)C2CC2)s1. The van der Waals surface area contributed by atoms with Crippen molar-refractivity contribution in [1.29, 1.82) is 0 Å². The highest BCUT2D eigenvalue weighted by molar-refractivity contribution is 7.11. The summed E-state index contributed by atoms with van der Waals surface area (Å²) in [7, 11) is 4.10. The molecule has 29 heavy (non-hydrogen) atoms. The fourth-order valence-electron chi connectivity index (χ4n) is 4.02. The zero-order valence-corrected chi connectivity index (χ0v) is 19.0. The third-order valence-corrected chi connectivity index (χ3v) is 7.03. The van der Waals surface area contributed by atoms with E-state index in [0.29, 0.717) is 30.6 Å². The van der Waals surface area contributed by atoms with Gasteiger partial charge in [0.2, 0.25) is 5.91 Å². The lowest BCUT2D eigenvalue weighted by atomic mass is 9.95. The van der Waals surface area contributed by atoms with Crippen LogP contribution >= 0.6 is 11.3 Å². The number of likely N-dealkylation sites (N-methyl/N-ethyl adjacent to an activating group) is 1. The molecule has 0 aliphatic heterocycles. The molecule has 1 aliphatic carbocycles. The maximum atomic E-state index is 12.7. The number of carbonyl (C=O) groups is 1. The molecule has 1 aliphatic rings. The molecule has 2 atom stereocenters. The number of amides is 1. The molecule has 1 saturated carbocycles. The summed E-state index contributed by atoms with van der Waals surface area (Å²) < 4.78 is 0. The van der Waals surface area contributed by atoms with E-state index in [4.69, 9.17) is 0 Å². The van der Waals surface area contributed by atoms with Crippen molar-refractivity contribution in [3.63, 3.8) is 0 Å². The minimum absolute atomic E-state index is 0.124. The summed E-state index contributed by atoms with van der Waals surface area (Å²) in [6.07, 6.45) is 5.77. The fraction of sp³-hybridized carbons (Fsp3) is 0.565. The Morgan fingerprint density at radius 2 is 1.93 bits per heavy atom. The number of nitrogens with zero attached hydrogens (tertiary/aromatic N) is 2. The van der Waals surface area contributed by atoms with Gasteiger partial charge < -0.3 is 15.3 Å². The van der Waals surface area contributed by atoms with Gasteiger partial charge in [0.05, 0.1) is 5.01 Å². The molecule has 1 amide bonds. The van der Waals surface area contributed by atoms with E-state index in [0.717, 1.165) is 22.6 Å². The number of aryl methyl sites for hydroxylation is 3. The highest BCUT2D eigenvalue weighted by atomic mass is 32.1. The van der Waals surface area contributed by atoms with Gasteiger partial charge in [-0.1, -0.05) is 0 Å². The number of hydrogen-bond acceptors (Lipinski definition) is 5. The smallest absolute Gasteiger partial charge is 0.220 e. The molecule has 0 bridgehead atoms. The van der Waals surface area contributed by atoms with Crippen LogP contribution in [-0.2, 0) is 11.2 Å². The maximum absolute atomic E-state index is 12.7. The lowest BCUT2D eigenvalue weighted by Crippen LogP contribution is -2.42. The normalized spacial score (nSPS) is 16.1. The third-order valence-electron chi connectivity index (χ3n) is 5.99. The van der Waals surface area contributed by atoms with Gasteiger partial charge in [-0.3, -0.25) is 4.79 Å². The summed E-state index contributed by atoms with van der Waals surface area (Å²) in [6.45, 7) is 6.70. The summed E-state index contributed by atoms with van der Waals surface area (Å²) in [5.74, 6) is 1.37. The van der Waals surface area contributed by atoms with Crippen molar-refractivity contribution in [2.45, 2.75) is 58.4 Å². The number of benzene rings is 1. The van der Waals surface area contributed by atoms with Gasteiger partial charge in [0.1, 0.15) is 5.75 Å². The highest BCUT2D eigenvalue weighted by Gasteiger charge is 2.35. The minimum atomic E-state index is 0.124. The first-order valence-corrected chi connectivity index (χ1v) is 11.2. The van der Waals surface area contributed by atoms with Crippen molar-refractivity contribution in [3.8, 4) is 5.75 Å². The summed E-state index contributed by atoms with van der Waals surface area (Å²) in [4.78, 5) is 20.5. The number of nitrogens with one attached hydrogen (secondary N) is 1. The number of aromatic hydroxyl groups is 1. The van der Waals surface area contributed by atoms with E-state index in [1.807, 2.05) is 39.1 Å². The molecule has 1 heterocycles. The Labute approximate surface area is 178 Å². The van der Waals surface area contributed by atoms with Gasteiger partial charge in [-0.25, -0.2) is 4.98 Å². The van der Waals surface area contributed by atoms with Crippen LogP contribution in [0.2, 0.25) is 0 Å². The Balaban J connectivity index is 1.61. The van der Waals surface area contributed by atoms with E-state index < -0.39 is 0 Å². The second-order valence-electron chi connectivity index (χ2n) is 8.61. The second-order valence-corrected chi connectivity index (χ2v) is 9.88. The van der Waals surface area contributed by atoms with Crippen molar-refractivity contribution in [3.05, 3.63) is 44.9 Å². The fourth-order valence-corrected chi connectivity index (χ4v) is 5.00. The third kappa shape index (κ3) is 5.80. The molecule has 0 spiro atoms. The average Bonchev–Trinajstić information content (AvgIpc) is 3.38. The van der Waals surface area contributed by atoms with E-state index in [9.17, 15) is 9.90 Å². The van der Waals surface area contributed by atoms with Crippen LogP contribution < -0.4 is 5.32 Å². The van der Waals surface area contributed by atoms with Crippen molar-refractivity contribution < 1.29 is 9.90 Å². The Hall–Kier alpha value is -1.92. The van der Waals surface area contributed by atoms with Crippen LogP contribution in [-0.4, -0.2) is 47.6 Å². The van der Waals surface area contributed by atoms with Gasteiger partial charge in [0.25, 0.3) is 0 Å². The Bertz CT molecular complexity index is 835. The van der Waals surface area contributed by atoms with Crippen LogP contribution in [0, 0.1) is 26.7 Å². The van der Waals surface area contributed by atoms with E-state index in [1.54, 1.807) is 11.3 Å². The molecule has 2 N–H and O–H groups in total. The number of carbonyl (C=O) groups excluding carboxylic acids is 1. The molecule has 0 unspecified atom stereocenters. The monoisotopic (exact) mass is 415 g/mol. The van der Waals surface area contributed by atoms with Crippen molar-refractivity contribution in [2.24, 2.45) is 5.92 Å². The van der Waals surface area contributed by atoms with Gasteiger partial charge in [0, 0.05) is 36.0 Å². The molecule has 0 saturated heterocycles. The molecule has 1 aromatic heterocycles. The Morgan fingerprint density at radius 3 is 2.45 bits per heavy atom. The topological polar surface area (TPSA) is 65.5 Å². The van der Waals surface area contributed by atoms with Gasteiger partial charge in [-0.15, -0.1) is 11.3 Å². The maximum Gasteiger partial charge on any atom is 0.220 e. The van der Waals surface area contributed by atoms with Gasteiger partial charge >= 0.3 is 0 Å². The first-order valence-electron chi connectivity index (χ1n) is 10.4. The summed E-state index contributed by atoms with van der Waals surface area (Å²) in [5.41, 5.74) is 3.43. The average molecular weight is 416 g/mol. The molecule has 2 aromatic rings. The van der Waals surface area contributed by atoms with Crippen molar-refractivity contribution in [2.75, 3.05) is 20.6 Å². The largest absolute Gasteiger partial charge is 0.508 e. The molecule has 1 aromatic carbocycles. The highest BCUT2D eigenvalue weighted by Crippen LogP contribution is 2.45. The summed E-state index contributed by atoms with van der Waals surface area (Å²) in [5, 5.41) is 14.0. The molecule has 3 rings (SSSR count). The van der Waals surface area contributed by atoms with E-state index in [-0.39, 0.29) is 11.9 Å². The predicted molar refractivity (Wildman–Crippen MR) is 119 cm³/mol. The molecular weight excluding hydrogens is 382 g/mol. The van der Waals surface area contributed by atoms with E-state index >= 15 is 0 Å². The zero-order valence-electron chi connectivity index (χ0n) is 18.2.